The van der Waals surface area contributed by atoms with E-state index < -0.39 is 0 Å². The summed E-state index contributed by atoms with van der Waals surface area (Å²) >= 11 is 0. The van der Waals surface area contributed by atoms with E-state index in [0.717, 1.165) is 29.7 Å². The maximum Gasteiger partial charge on any atom is 0.249 e. The zero-order valence-electron chi connectivity index (χ0n) is 10.3. The minimum atomic E-state index is -0.115. The lowest BCUT2D eigenvalue weighted by atomic mass is 9.82. The van der Waals surface area contributed by atoms with Crippen LogP contribution in [0.2, 0.25) is 0 Å². The fraction of sp³-hybridized carbons (Fsp3) is 0.385. The number of amides is 1. The van der Waals surface area contributed by atoms with Crippen molar-refractivity contribution in [3.05, 3.63) is 23.3 Å². The SMILES string of the molecule is COc1cc2c(cc1OC)C1=NNC(=O)[C@@H]1CC2. The summed E-state index contributed by atoms with van der Waals surface area (Å²) in [7, 11) is 3.22. The van der Waals surface area contributed by atoms with Gasteiger partial charge in [-0.15, -0.1) is 0 Å². The van der Waals surface area contributed by atoms with Crippen molar-refractivity contribution in [1.29, 1.82) is 0 Å². The number of hydrogen-bond donors (Lipinski definition) is 1. The second-order valence-electron chi connectivity index (χ2n) is 4.43. The Hall–Kier alpha value is -2.04. The summed E-state index contributed by atoms with van der Waals surface area (Å²) in [6.07, 6.45) is 1.65. The number of hydrazone groups is 1. The van der Waals surface area contributed by atoms with Crippen LogP contribution in [-0.2, 0) is 11.2 Å². The van der Waals surface area contributed by atoms with E-state index in [9.17, 15) is 4.79 Å². The van der Waals surface area contributed by atoms with Crippen molar-refractivity contribution in [2.75, 3.05) is 14.2 Å². The summed E-state index contributed by atoms with van der Waals surface area (Å²) in [5, 5.41) is 4.13. The Bertz CT molecular complexity index is 551. The van der Waals surface area contributed by atoms with Crippen LogP contribution in [0.3, 0.4) is 0 Å². The zero-order valence-corrected chi connectivity index (χ0v) is 10.3. The van der Waals surface area contributed by atoms with E-state index >= 15 is 0 Å². The minimum Gasteiger partial charge on any atom is -0.493 e. The molecule has 3 rings (SSSR count). The second-order valence-corrected chi connectivity index (χ2v) is 4.43. The number of fused-ring (bicyclic) bond motifs is 3. The van der Waals surface area contributed by atoms with Crippen LogP contribution in [0.5, 0.6) is 11.5 Å². The standard InChI is InChI=1S/C13H14N2O3/c1-17-10-5-7-3-4-8-12(14-15-13(8)16)9(7)6-11(10)18-2/h5-6,8H,3-4H2,1-2H3,(H,15,16)/t8-/m1/s1. The Morgan fingerprint density at radius 1 is 1.28 bits per heavy atom. The first kappa shape index (κ1) is 11.1. The van der Waals surface area contributed by atoms with Gasteiger partial charge < -0.3 is 9.47 Å². The highest BCUT2D eigenvalue weighted by Crippen LogP contribution is 2.36. The molecular formula is C13H14N2O3. The molecule has 0 saturated heterocycles. The molecule has 0 fully saturated rings. The van der Waals surface area contributed by atoms with Crippen molar-refractivity contribution in [1.82, 2.24) is 5.43 Å². The lowest BCUT2D eigenvalue weighted by Crippen LogP contribution is -2.28. The first-order chi connectivity index (χ1) is 8.74. The van der Waals surface area contributed by atoms with Gasteiger partial charge in [0.15, 0.2) is 11.5 Å². The minimum absolute atomic E-state index is 0.00886. The molecule has 1 aromatic carbocycles. The van der Waals surface area contributed by atoms with Crippen LogP contribution in [0.1, 0.15) is 17.5 Å². The molecule has 1 N–H and O–H groups in total. The van der Waals surface area contributed by atoms with Crippen LogP contribution < -0.4 is 14.9 Å². The molecule has 0 saturated carbocycles. The van der Waals surface area contributed by atoms with E-state index in [1.165, 1.54) is 0 Å². The Kier molecular flexibility index (Phi) is 2.47. The van der Waals surface area contributed by atoms with E-state index in [2.05, 4.69) is 10.5 Å². The number of hydrogen-bond acceptors (Lipinski definition) is 4. The first-order valence-electron chi connectivity index (χ1n) is 5.87. The summed E-state index contributed by atoms with van der Waals surface area (Å²) < 4.78 is 10.6. The van der Waals surface area contributed by atoms with E-state index in [1.807, 2.05) is 12.1 Å². The predicted molar refractivity (Wildman–Crippen MR) is 66.0 cm³/mol. The largest absolute Gasteiger partial charge is 0.493 e. The Morgan fingerprint density at radius 2 is 2.00 bits per heavy atom. The van der Waals surface area contributed by atoms with Crippen molar-refractivity contribution in [2.45, 2.75) is 12.8 Å². The maximum atomic E-state index is 11.6. The fourth-order valence-corrected chi connectivity index (χ4v) is 2.58. The van der Waals surface area contributed by atoms with Crippen LogP contribution in [0, 0.1) is 5.92 Å². The Morgan fingerprint density at radius 3 is 2.72 bits per heavy atom. The second kappa shape index (κ2) is 4.01. The van der Waals surface area contributed by atoms with Crippen molar-refractivity contribution >= 4 is 11.6 Å². The van der Waals surface area contributed by atoms with Gasteiger partial charge in [0.05, 0.1) is 25.8 Å². The molecule has 18 heavy (non-hydrogen) atoms. The molecule has 0 bridgehead atoms. The molecule has 1 atom stereocenters. The van der Waals surface area contributed by atoms with Crippen molar-refractivity contribution in [3.8, 4) is 11.5 Å². The molecule has 0 unspecified atom stereocenters. The van der Waals surface area contributed by atoms with Gasteiger partial charge in [-0.25, -0.2) is 5.43 Å². The quantitative estimate of drug-likeness (QED) is 0.850. The highest BCUT2D eigenvalue weighted by atomic mass is 16.5. The van der Waals surface area contributed by atoms with Crippen molar-refractivity contribution < 1.29 is 14.3 Å². The van der Waals surface area contributed by atoms with E-state index in [-0.39, 0.29) is 11.8 Å². The van der Waals surface area contributed by atoms with Gasteiger partial charge in [0, 0.05) is 5.56 Å². The monoisotopic (exact) mass is 246 g/mol. The van der Waals surface area contributed by atoms with Gasteiger partial charge in [-0.1, -0.05) is 0 Å². The molecule has 0 radical (unpaired) electrons. The van der Waals surface area contributed by atoms with Crippen molar-refractivity contribution in [3.63, 3.8) is 0 Å². The lowest BCUT2D eigenvalue weighted by Gasteiger charge is -2.22. The summed E-state index contributed by atoms with van der Waals surface area (Å²) in [6, 6.07) is 3.87. The molecule has 5 heteroatoms. The number of nitrogens with zero attached hydrogens (tertiary/aromatic N) is 1. The highest BCUT2D eigenvalue weighted by molar-refractivity contribution is 6.17. The third-order valence-electron chi connectivity index (χ3n) is 3.52. The number of nitrogens with one attached hydrogen (secondary N) is 1. The molecule has 1 aliphatic carbocycles. The summed E-state index contributed by atoms with van der Waals surface area (Å²) in [6.45, 7) is 0. The number of rotatable bonds is 2. The van der Waals surface area contributed by atoms with Gasteiger partial charge in [0.1, 0.15) is 0 Å². The van der Waals surface area contributed by atoms with Crippen LogP contribution in [0.25, 0.3) is 0 Å². The van der Waals surface area contributed by atoms with E-state index in [4.69, 9.17) is 9.47 Å². The van der Waals surface area contributed by atoms with Crippen LogP contribution in [0.15, 0.2) is 17.2 Å². The number of aryl methyl sites for hydroxylation is 1. The summed E-state index contributed by atoms with van der Waals surface area (Å²) in [5.74, 6) is 1.26. The highest BCUT2D eigenvalue weighted by Gasteiger charge is 2.35. The molecule has 1 heterocycles. The maximum absolute atomic E-state index is 11.6. The molecule has 1 amide bonds. The normalized spacial score (nSPS) is 20.7. The molecule has 5 nitrogen and oxygen atoms in total. The first-order valence-corrected chi connectivity index (χ1v) is 5.87. The molecule has 1 aromatic rings. The lowest BCUT2D eigenvalue weighted by molar-refractivity contribution is -0.122. The van der Waals surface area contributed by atoms with Gasteiger partial charge in [-0.3, -0.25) is 4.79 Å². The summed E-state index contributed by atoms with van der Waals surface area (Å²) in [5.41, 5.74) is 5.51. The van der Waals surface area contributed by atoms with Crippen LogP contribution >= 0.6 is 0 Å². The Balaban J connectivity index is 2.12. The zero-order chi connectivity index (χ0) is 12.7. The molecule has 1 aliphatic heterocycles. The van der Waals surface area contributed by atoms with Crippen molar-refractivity contribution in [2.24, 2.45) is 11.0 Å². The summed E-state index contributed by atoms with van der Waals surface area (Å²) in [4.78, 5) is 11.6. The molecule has 0 spiro atoms. The third kappa shape index (κ3) is 1.47. The molecule has 2 aliphatic rings. The fourth-order valence-electron chi connectivity index (χ4n) is 2.58. The van der Waals surface area contributed by atoms with E-state index in [1.54, 1.807) is 14.2 Å². The van der Waals surface area contributed by atoms with Gasteiger partial charge >= 0.3 is 0 Å². The van der Waals surface area contributed by atoms with Gasteiger partial charge in [0.25, 0.3) is 0 Å². The smallest absolute Gasteiger partial charge is 0.249 e. The average Bonchev–Trinajstić information content (AvgIpc) is 2.79. The molecule has 0 aromatic heterocycles. The predicted octanol–water partition coefficient (Wildman–Crippen LogP) is 1.10. The topological polar surface area (TPSA) is 59.9 Å². The number of carbonyl (C=O) groups is 1. The van der Waals surface area contributed by atoms with E-state index in [0.29, 0.717) is 11.5 Å². The van der Waals surface area contributed by atoms with Gasteiger partial charge in [0.2, 0.25) is 5.91 Å². The van der Waals surface area contributed by atoms with Crippen LogP contribution in [-0.4, -0.2) is 25.8 Å². The van der Waals surface area contributed by atoms with Crippen LogP contribution in [0.4, 0.5) is 0 Å². The number of carbonyl (C=O) groups excluding carboxylic acids is 1. The third-order valence-corrected chi connectivity index (χ3v) is 3.52. The molecular weight excluding hydrogens is 232 g/mol. The number of methoxy groups -OCH3 is 2. The molecule has 94 valence electrons. The van der Waals surface area contributed by atoms with Gasteiger partial charge in [-0.05, 0) is 30.5 Å². The number of benzene rings is 1. The van der Waals surface area contributed by atoms with Gasteiger partial charge in [-0.2, -0.15) is 5.10 Å². The Labute approximate surface area is 105 Å². The number of ether oxygens (including phenoxy) is 2. The average molecular weight is 246 g/mol.